The van der Waals surface area contributed by atoms with Crippen LogP contribution in [-0.2, 0) is 4.79 Å². The molecule has 1 amide bonds. The zero-order valence-corrected chi connectivity index (χ0v) is 21.6. The lowest BCUT2D eigenvalue weighted by molar-refractivity contribution is -0.132. The third-order valence-electron chi connectivity index (χ3n) is 6.11. The Morgan fingerprint density at radius 1 is 1.19 bits per heavy atom. The number of carboxylic acids is 1. The highest BCUT2D eigenvalue weighted by Gasteiger charge is 2.26. The molecule has 0 spiro atoms. The normalized spacial score (nSPS) is 16.4. The van der Waals surface area contributed by atoms with Crippen molar-refractivity contribution < 1.29 is 19.8 Å². The first-order valence-electron chi connectivity index (χ1n) is 12.4. The van der Waals surface area contributed by atoms with E-state index in [1.54, 1.807) is 0 Å². The summed E-state index contributed by atoms with van der Waals surface area (Å²) in [5.41, 5.74) is 3.31. The quantitative estimate of drug-likeness (QED) is 0.338. The number of aliphatic hydroxyl groups excluding tert-OH is 1. The van der Waals surface area contributed by atoms with Gasteiger partial charge in [-0.15, -0.1) is 0 Å². The van der Waals surface area contributed by atoms with Crippen molar-refractivity contribution in [2.75, 3.05) is 38.1 Å². The molecule has 3 rings (SSSR count). The molecule has 0 aliphatic carbocycles. The molecular weight excluding hydrogens is 454 g/mol. The van der Waals surface area contributed by atoms with Gasteiger partial charge in [-0.2, -0.15) is 0 Å². The van der Waals surface area contributed by atoms with E-state index in [1.165, 1.54) is 24.6 Å². The average molecular weight is 494 g/mol. The summed E-state index contributed by atoms with van der Waals surface area (Å²) in [7, 11) is 2.09. The average Bonchev–Trinajstić information content (AvgIpc) is 3.31. The van der Waals surface area contributed by atoms with Crippen LogP contribution in [0.3, 0.4) is 0 Å². The van der Waals surface area contributed by atoms with Crippen molar-refractivity contribution in [2.45, 2.75) is 38.8 Å². The van der Waals surface area contributed by atoms with E-state index in [0.717, 1.165) is 38.2 Å². The molecule has 1 aliphatic heterocycles. The van der Waals surface area contributed by atoms with Crippen LogP contribution in [0.15, 0.2) is 78.9 Å². The van der Waals surface area contributed by atoms with Gasteiger partial charge in [-0.05, 0) is 49.6 Å². The van der Waals surface area contributed by atoms with Crippen molar-refractivity contribution in [1.82, 2.24) is 10.2 Å². The lowest BCUT2D eigenvalue weighted by Crippen LogP contribution is -2.36. The number of allylic oxidation sites excluding steroid dienone is 2. The van der Waals surface area contributed by atoms with Crippen molar-refractivity contribution in [1.29, 1.82) is 0 Å². The van der Waals surface area contributed by atoms with Crippen LogP contribution in [0.1, 0.15) is 48.7 Å². The zero-order valence-electron chi connectivity index (χ0n) is 21.6. The number of carboxylic acid groups (broad SMARTS) is 1. The van der Waals surface area contributed by atoms with Gasteiger partial charge >= 0.3 is 5.97 Å². The number of rotatable bonds is 10. The number of amides is 1. The molecule has 2 aromatic rings. The fraction of sp³-hybridized carbons (Fsp3) is 0.379. The first-order valence-corrected chi connectivity index (χ1v) is 12.4. The molecule has 1 fully saturated rings. The fourth-order valence-electron chi connectivity index (χ4n) is 3.97. The second-order valence-electron chi connectivity index (χ2n) is 8.93. The predicted molar refractivity (Wildman–Crippen MR) is 145 cm³/mol. The van der Waals surface area contributed by atoms with E-state index >= 15 is 0 Å². The van der Waals surface area contributed by atoms with E-state index < -0.39 is 5.97 Å². The highest BCUT2D eigenvalue weighted by Crippen LogP contribution is 2.28. The maximum absolute atomic E-state index is 12.1. The van der Waals surface area contributed by atoms with Gasteiger partial charge < -0.3 is 20.4 Å². The SMILES string of the molecule is C=C/C=C(\C)C(=O)O.CCCNC(=O)c1ccc(N(C)[C@H](CN2CCC(O)C2)c2ccccc2)cc1. The molecule has 0 radical (unpaired) electrons. The minimum atomic E-state index is -0.898. The second kappa shape index (κ2) is 14.9. The van der Waals surface area contributed by atoms with E-state index in [0.29, 0.717) is 17.7 Å². The van der Waals surface area contributed by atoms with Crippen LogP contribution in [0.5, 0.6) is 0 Å². The number of hydrogen-bond donors (Lipinski definition) is 3. The van der Waals surface area contributed by atoms with Crippen LogP contribution in [-0.4, -0.2) is 66.3 Å². The van der Waals surface area contributed by atoms with Crippen molar-refractivity contribution >= 4 is 17.6 Å². The molecule has 7 heteroatoms. The summed E-state index contributed by atoms with van der Waals surface area (Å²) < 4.78 is 0. The molecule has 0 bridgehead atoms. The Morgan fingerprint density at radius 3 is 2.36 bits per heavy atom. The molecule has 1 unspecified atom stereocenters. The monoisotopic (exact) mass is 493 g/mol. The largest absolute Gasteiger partial charge is 0.478 e. The van der Waals surface area contributed by atoms with Gasteiger partial charge in [-0.25, -0.2) is 4.79 Å². The van der Waals surface area contributed by atoms with Crippen LogP contribution >= 0.6 is 0 Å². The topological polar surface area (TPSA) is 93.1 Å². The van der Waals surface area contributed by atoms with E-state index in [1.807, 2.05) is 37.3 Å². The molecule has 36 heavy (non-hydrogen) atoms. The molecule has 194 valence electrons. The molecule has 2 atom stereocenters. The summed E-state index contributed by atoms with van der Waals surface area (Å²) in [6.45, 7) is 10.1. The van der Waals surface area contributed by atoms with Gasteiger partial charge in [-0.3, -0.25) is 9.69 Å². The van der Waals surface area contributed by atoms with Crippen molar-refractivity contribution in [3.05, 3.63) is 90.0 Å². The highest BCUT2D eigenvalue weighted by atomic mass is 16.4. The number of carbonyl (C=O) groups excluding carboxylic acids is 1. The third-order valence-corrected chi connectivity index (χ3v) is 6.11. The number of hydrogen-bond acceptors (Lipinski definition) is 5. The number of β-amino-alcohol motifs (C(OH)–C–C–N with tert-alkyl or cyclic N) is 1. The smallest absolute Gasteiger partial charge is 0.331 e. The number of anilines is 1. The second-order valence-corrected chi connectivity index (χ2v) is 8.93. The minimum absolute atomic E-state index is 0.0262. The molecule has 1 aliphatic rings. The van der Waals surface area contributed by atoms with Crippen LogP contribution in [0, 0.1) is 0 Å². The molecular formula is C29H39N3O4. The summed E-state index contributed by atoms with van der Waals surface area (Å²) in [5.74, 6) is -0.924. The van der Waals surface area contributed by atoms with Crippen LogP contribution in [0.25, 0.3) is 0 Å². The Hall–Kier alpha value is -3.42. The van der Waals surface area contributed by atoms with Gasteiger partial charge in [0.1, 0.15) is 0 Å². The first kappa shape index (κ1) is 28.8. The number of carbonyl (C=O) groups is 2. The van der Waals surface area contributed by atoms with E-state index in [2.05, 4.69) is 53.0 Å². The molecule has 1 heterocycles. The molecule has 3 N–H and O–H groups in total. The Balaban J connectivity index is 0.000000493. The Kier molecular flexibility index (Phi) is 11.9. The van der Waals surface area contributed by atoms with Gasteiger partial charge in [0.2, 0.25) is 0 Å². The molecule has 0 aromatic heterocycles. The maximum Gasteiger partial charge on any atom is 0.331 e. The van der Waals surface area contributed by atoms with Crippen molar-refractivity contribution in [3.63, 3.8) is 0 Å². The molecule has 0 saturated carbocycles. The predicted octanol–water partition coefficient (Wildman–Crippen LogP) is 4.27. The molecule has 1 saturated heterocycles. The van der Waals surface area contributed by atoms with E-state index in [4.69, 9.17) is 5.11 Å². The number of likely N-dealkylation sites (tertiary alicyclic amines) is 1. The summed E-state index contributed by atoms with van der Waals surface area (Å²) in [6.07, 6.45) is 4.44. The Bertz CT molecular complexity index is 1000. The van der Waals surface area contributed by atoms with E-state index in [9.17, 15) is 14.7 Å². The third kappa shape index (κ3) is 8.98. The van der Waals surface area contributed by atoms with Crippen LogP contribution in [0.4, 0.5) is 5.69 Å². The number of aliphatic carboxylic acids is 1. The van der Waals surface area contributed by atoms with Gasteiger partial charge in [0.25, 0.3) is 5.91 Å². The number of nitrogens with zero attached hydrogens (tertiary/aromatic N) is 2. The Labute approximate surface area is 214 Å². The summed E-state index contributed by atoms with van der Waals surface area (Å²) >= 11 is 0. The Morgan fingerprint density at radius 2 is 1.86 bits per heavy atom. The van der Waals surface area contributed by atoms with Crippen molar-refractivity contribution in [2.24, 2.45) is 0 Å². The van der Waals surface area contributed by atoms with Crippen molar-refractivity contribution in [3.8, 4) is 0 Å². The summed E-state index contributed by atoms with van der Waals surface area (Å²) in [4.78, 5) is 26.7. The molecule has 7 nitrogen and oxygen atoms in total. The number of aliphatic hydroxyl groups is 1. The van der Waals surface area contributed by atoms with Gasteiger partial charge in [-0.1, -0.05) is 56.0 Å². The minimum Gasteiger partial charge on any atom is -0.478 e. The zero-order chi connectivity index (χ0) is 26.5. The highest BCUT2D eigenvalue weighted by molar-refractivity contribution is 5.94. The summed E-state index contributed by atoms with van der Waals surface area (Å²) in [6, 6.07) is 18.4. The number of likely N-dealkylation sites (N-methyl/N-ethyl adjacent to an activating group) is 1. The molecule has 2 aromatic carbocycles. The fourth-order valence-corrected chi connectivity index (χ4v) is 3.97. The van der Waals surface area contributed by atoms with Gasteiger partial charge in [0, 0.05) is 50.1 Å². The standard InChI is InChI=1S/C23H31N3O2.C6H8O2/c1-3-14-24-23(28)19-9-11-20(12-10-19)25(2)22(18-7-5-4-6-8-18)17-26-15-13-21(27)16-26;1-3-4-5(2)6(7)8/h4-12,21-22,27H,3,13-17H2,1-2H3,(H,24,28);3-4H,1H2,2H3,(H,7,8)/b;5-4+/t21?,22-;/m1./s1. The number of nitrogens with one attached hydrogen (secondary N) is 1. The van der Waals surface area contributed by atoms with Crippen LogP contribution in [0.2, 0.25) is 0 Å². The maximum atomic E-state index is 12.1. The van der Waals surface area contributed by atoms with E-state index in [-0.39, 0.29) is 18.1 Å². The number of benzene rings is 2. The lowest BCUT2D eigenvalue weighted by Gasteiger charge is -2.33. The van der Waals surface area contributed by atoms with Gasteiger partial charge in [0.05, 0.1) is 12.1 Å². The first-order chi connectivity index (χ1) is 17.3. The summed E-state index contributed by atoms with van der Waals surface area (Å²) in [5, 5.41) is 21.0. The lowest BCUT2D eigenvalue weighted by atomic mass is 10.0. The van der Waals surface area contributed by atoms with Gasteiger partial charge in [0.15, 0.2) is 0 Å². The van der Waals surface area contributed by atoms with Crippen LogP contribution < -0.4 is 10.2 Å².